The zero-order valence-electron chi connectivity index (χ0n) is 19.0. The molecular weight excluding hydrogens is 443 g/mol. The van der Waals surface area contributed by atoms with Crippen molar-refractivity contribution in [2.75, 3.05) is 38.4 Å². The summed E-state index contributed by atoms with van der Waals surface area (Å²) in [5, 5.41) is 5.39. The number of primary amides is 1. The van der Waals surface area contributed by atoms with Crippen molar-refractivity contribution in [3.8, 4) is 5.75 Å². The van der Waals surface area contributed by atoms with Gasteiger partial charge in [0.25, 0.3) is 17.7 Å². The molecule has 0 atom stereocenters. The lowest BCUT2D eigenvalue weighted by Crippen LogP contribution is -2.25. The molecule has 34 heavy (non-hydrogen) atoms. The molecule has 3 aromatic rings. The molecule has 0 saturated heterocycles. The lowest BCUT2D eigenvalue weighted by Gasteiger charge is -2.15. The molecule has 0 aliphatic heterocycles. The lowest BCUT2D eigenvalue weighted by molar-refractivity contribution is 0.0969. The first-order valence-corrected chi connectivity index (χ1v) is 10.3. The van der Waals surface area contributed by atoms with Gasteiger partial charge in [-0.3, -0.25) is 14.4 Å². The summed E-state index contributed by atoms with van der Waals surface area (Å²) < 4.78 is 20.0. The van der Waals surface area contributed by atoms with Gasteiger partial charge in [-0.25, -0.2) is 9.37 Å². The highest BCUT2D eigenvalue weighted by Gasteiger charge is 2.23. The smallest absolute Gasteiger partial charge is 0.274 e. The summed E-state index contributed by atoms with van der Waals surface area (Å²) in [5.74, 6) is -2.01. The molecule has 3 rings (SSSR count). The van der Waals surface area contributed by atoms with Crippen molar-refractivity contribution in [3.05, 3.63) is 71.6 Å². The quantitative estimate of drug-likeness (QED) is 0.441. The summed E-state index contributed by atoms with van der Waals surface area (Å²) in [6.45, 7) is 1.04. The number of hydrogen-bond acceptors (Lipinski definition) is 6. The topological polar surface area (TPSA) is 132 Å². The molecule has 0 spiro atoms. The zero-order chi connectivity index (χ0) is 24.8. The molecule has 1 aromatic heterocycles. The second kappa shape index (κ2) is 10.6. The number of halogens is 1. The Kier molecular flexibility index (Phi) is 7.59. The highest BCUT2D eigenvalue weighted by atomic mass is 19.1. The Balaban J connectivity index is 1.80. The summed E-state index contributed by atoms with van der Waals surface area (Å²) in [6, 6.07) is 9.73. The minimum absolute atomic E-state index is 0.0435. The normalized spacial score (nSPS) is 10.7. The third-order valence-electron chi connectivity index (χ3n) is 4.89. The van der Waals surface area contributed by atoms with Crippen LogP contribution in [0.4, 0.5) is 15.8 Å². The first-order chi connectivity index (χ1) is 16.2. The monoisotopic (exact) mass is 468 g/mol. The molecule has 178 valence electrons. The molecule has 0 aliphatic carbocycles. The summed E-state index contributed by atoms with van der Waals surface area (Å²) in [7, 11) is 5.18. The summed E-state index contributed by atoms with van der Waals surface area (Å²) in [6.07, 6.45) is 1.40. The van der Waals surface area contributed by atoms with Gasteiger partial charge in [0.1, 0.15) is 17.3 Å². The maximum atomic E-state index is 13.1. The maximum absolute atomic E-state index is 13.1. The van der Waals surface area contributed by atoms with Crippen LogP contribution in [-0.4, -0.2) is 59.9 Å². The number of rotatable bonds is 9. The molecule has 11 heteroatoms. The van der Waals surface area contributed by atoms with Gasteiger partial charge in [0.05, 0.1) is 19.1 Å². The summed E-state index contributed by atoms with van der Waals surface area (Å²) in [5.41, 5.74) is 6.29. The average Bonchev–Trinajstić information content (AvgIpc) is 3.23. The largest absolute Gasteiger partial charge is 0.494 e. The fourth-order valence-corrected chi connectivity index (χ4v) is 3.14. The molecule has 0 unspecified atom stereocenters. The minimum Gasteiger partial charge on any atom is -0.494 e. The number of nitrogens with two attached hydrogens (primary N) is 1. The summed E-state index contributed by atoms with van der Waals surface area (Å²) >= 11 is 0. The Morgan fingerprint density at radius 3 is 2.41 bits per heavy atom. The number of aromatic nitrogens is 2. The van der Waals surface area contributed by atoms with Gasteiger partial charge in [0.2, 0.25) is 0 Å². The van der Waals surface area contributed by atoms with E-state index in [4.69, 9.17) is 10.5 Å². The second-order valence-corrected chi connectivity index (χ2v) is 7.63. The number of ether oxygens (including phenoxy) is 1. The Morgan fingerprint density at radius 1 is 1.09 bits per heavy atom. The van der Waals surface area contributed by atoms with Crippen LogP contribution in [0.5, 0.6) is 5.75 Å². The highest BCUT2D eigenvalue weighted by molar-refractivity contribution is 6.10. The first-order valence-electron chi connectivity index (χ1n) is 10.3. The molecule has 0 radical (unpaired) electrons. The van der Waals surface area contributed by atoms with E-state index >= 15 is 0 Å². The van der Waals surface area contributed by atoms with Gasteiger partial charge in [0.15, 0.2) is 5.69 Å². The van der Waals surface area contributed by atoms with Gasteiger partial charge < -0.3 is 30.6 Å². The van der Waals surface area contributed by atoms with Gasteiger partial charge in [-0.05, 0) is 50.5 Å². The van der Waals surface area contributed by atoms with E-state index in [1.165, 1.54) is 43.8 Å². The lowest BCUT2D eigenvalue weighted by atomic mass is 10.2. The van der Waals surface area contributed by atoms with E-state index in [9.17, 15) is 18.8 Å². The van der Waals surface area contributed by atoms with Gasteiger partial charge >= 0.3 is 0 Å². The van der Waals surface area contributed by atoms with Crippen molar-refractivity contribution in [2.24, 2.45) is 5.73 Å². The molecule has 0 aliphatic rings. The molecule has 0 fully saturated rings. The Hall–Kier alpha value is -4.25. The fraction of sp³-hybridized carbons (Fsp3) is 0.217. The highest BCUT2D eigenvalue weighted by Crippen LogP contribution is 2.29. The Bertz CT molecular complexity index is 1210. The van der Waals surface area contributed by atoms with Crippen LogP contribution in [0.15, 0.2) is 48.8 Å². The van der Waals surface area contributed by atoms with Crippen LogP contribution in [0.25, 0.3) is 0 Å². The molecule has 10 nitrogen and oxygen atoms in total. The standard InChI is InChI=1S/C23H25FN6O4/c1-29(2)10-11-30-13-26-19(21(25)31)20(30)23(33)27-16-8-9-17(18(12-16)34-3)28-22(32)14-4-6-15(24)7-5-14/h4-9,12-13H,10-11H2,1-3H3,(H2,25,31)(H,27,33)(H,28,32). The van der Waals surface area contributed by atoms with Gasteiger partial charge in [-0.2, -0.15) is 0 Å². The zero-order valence-corrected chi connectivity index (χ0v) is 19.0. The van der Waals surface area contributed by atoms with E-state index in [1.807, 2.05) is 19.0 Å². The molecule has 2 aromatic carbocycles. The van der Waals surface area contributed by atoms with Crippen molar-refractivity contribution >= 4 is 29.1 Å². The molecule has 0 bridgehead atoms. The van der Waals surface area contributed by atoms with E-state index in [2.05, 4.69) is 15.6 Å². The molecule has 1 heterocycles. The molecule has 0 saturated carbocycles. The number of imidazole rings is 1. The number of likely N-dealkylation sites (N-methyl/N-ethyl adjacent to an activating group) is 1. The predicted octanol–water partition coefficient (Wildman–Crippen LogP) is 2.20. The number of hydrogen-bond donors (Lipinski definition) is 3. The van der Waals surface area contributed by atoms with Crippen molar-refractivity contribution in [1.82, 2.24) is 14.5 Å². The van der Waals surface area contributed by atoms with Gasteiger partial charge in [-0.15, -0.1) is 0 Å². The van der Waals surface area contributed by atoms with Crippen LogP contribution in [-0.2, 0) is 6.54 Å². The van der Waals surface area contributed by atoms with E-state index in [-0.39, 0.29) is 22.7 Å². The predicted molar refractivity (Wildman–Crippen MR) is 125 cm³/mol. The van der Waals surface area contributed by atoms with Gasteiger partial charge in [-0.1, -0.05) is 0 Å². The number of carbonyl (C=O) groups is 3. The Labute approximate surface area is 195 Å². The number of benzene rings is 2. The van der Waals surface area contributed by atoms with Crippen molar-refractivity contribution in [1.29, 1.82) is 0 Å². The maximum Gasteiger partial charge on any atom is 0.274 e. The van der Waals surface area contributed by atoms with Crippen molar-refractivity contribution in [3.63, 3.8) is 0 Å². The number of carbonyl (C=O) groups excluding carboxylic acids is 3. The van der Waals surface area contributed by atoms with Crippen LogP contribution in [0.1, 0.15) is 31.3 Å². The van der Waals surface area contributed by atoms with E-state index in [1.54, 1.807) is 16.7 Å². The van der Waals surface area contributed by atoms with Crippen LogP contribution < -0.4 is 21.1 Å². The van der Waals surface area contributed by atoms with E-state index in [0.29, 0.717) is 24.5 Å². The van der Waals surface area contributed by atoms with Gasteiger partial charge in [0, 0.05) is 30.4 Å². The number of nitrogens with zero attached hydrogens (tertiary/aromatic N) is 3. The van der Waals surface area contributed by atoms with Crippen molar-refractivity contribution in [2.45, 2.75) is 6.54 Å². The number of amides is 3. The van der Waals surface area contributed by atoms with E-state index in [0.717, 1.165) is 0 Å². The third-order valence-corrected chi connectivity index (χ3v) is 4.89. The van der Waals surface area contributed by atoms with Crippen LogP contribution >= 0.6 is 0 Å². The second-order valence-electron chi connectivity index (χ2n) is 7.63. The van der Waals surface area contributed by atoms with Crippen molar-refractivity contribution < 1.29 is 23.5 Å². The average molecular weight is 468 g/mol. The molecule has 4 N–H and O–H groups in total. The van der Waals surface area contributed by atoms with Crippen LogP contribution in [0, 0.1) is 5.82 Å². The Morgan fingerprint density at radius 2 is 1.79 bits per heavy atom. The van der Waals surface area contributed by atoms with E-state index < -0.39 is 23.5 Å². The van der Waals surface area contributed by atoms with Crippen LogP contribution in [0.3, 0.4) is 0 Å². The SMILES string of the molecule is COc1cc(NC(=O)c2c(C(N)=O)ncn2CCN(C)C)ccc1NC(=O)c1ccc(F)cc1. The molecular formula is C23H25FN6O4. The van der Waals surface area contributed by atoms with Crippen LogP contribution in [0.2, 0.25) is 0 Å². The third kappa shape index (κ3) is 5.75. The number of nitrogens with one attached hydrogen (secondary N) is 2. The fourth-order valence-electron chi connectivity index (χ4n) is 3.14. The number of methoxy groups -OCH3 is 1. The number of anilines is 2. The first kappa shape index (κ1) is 24.4. The molecule has 3 amide bonds. The summed E-state index contributed by atoms with van der Waals surface area (Å²) in [4.78, 5) is 43.1. The minimum atomic E-state index is -0.815.